The molecule has 0 bridgehead atoms. The van der Waals surface area contributed by atoms with Gasteiger partial charge in [0.15, 0.2) is 0 Å². The van der Waals surface area contributed by atoms with Gasteiger partial charge < -0.3 is 0 Å². The Morgan fingerprint density at radius 3 is 2.16 bits per heavy atom. The number of benzene rings is 5. The number of halogens is 2. The van der Waals surface area contributed by atoms with Crippen LogP contribution in [0.1, 0.15) is 49.3 Å². The first-order valence-corrected chi connectivity index (χ1v) is 23.8. The summed E-state index contributed by atoms with van der Waals surface area (Å²) in [5.41, 5.74) is 9.69. The summed E-state index contributed by atoms with van der Waals surface area (Å²) in [6.07, 6.45) is 7.54. The zero-order chi connectivity index (χ0) is 31.1. The van der Waals surface area contributed by atoms with E-state index < -0.39 is 20.8 Å². The number of hydrogen-bond donors (Lipinski definition) is 0. The molecule has 0 aliphatic heterocycles. The van der Waals surface area contributed by atoms with Crippen LogP contribution >= 0.6 is 17.0 Å². The fourth-order valence-corrected chi connectivity index (χ4v) is 5.89. The molecule has 0 aromatic heterocycles. The maximum absolute atomic E-state index is 4.93. The van der Waals surface area contributed by atoms with Gasteiger partial charge in [0.25, 0.3) is 0 Å². The average molecular weight is 711 g/mol. The summed E-state index contributed by atoms with van der Waals surface area (Å²) in [6, 6.07) is 44.9. The van der Waals surface area contributed by atoms with Crippen LogP contribution in [0.3, 0.4) is 0 Å². The summed E-state index contributed by atoms with van der Waals surface area (Å²) in [5, 5.41) is 5.41. The molecular weight excluding hydrogens is 671 g/mol. The van der Waals surface area contributed by atoms with E-state index >= 15 is 0 Å². The second-order valence-corrected chi connectivity index (χ2v) is 15.7. The van der Waals surface area contributed by atoms with Crippen LogP contribution in [0, 0.1) is 6.07 Å². The van der Waals surface area contributed by atoms with Crippen molar-refractivity contribution in [3.63, 3.8) is 0 Å². The molecule has 6 aromatic rings. The van der Waals surface area contributed by atoms with Crippen molar-refractivity contribution >= 4 is 48.1 Å². The predicted octanol–water partition coefficient (Wildman–Crippen LogP) is 12.7. The average Bonchev–Trinajstić information content (AvgIpc) is 3.65. The molecule has 0 atom stereocenters. The second-order valence-electron chi connectivity index (χ2n) is 11.0. The van der Waals surface area contributed by atoms with Crippen LogP contribution in [-0.4, -0.2) is 9.52 Å². The van der Waals surface area contributed by atoms with Crippen LogP contribution in [0.25, 0.3) is 43.8 Å². The van der Waals surface area contributed by atoms with Crippen molar-refractivity contribution in [1.82, 2.24) is 0 Å². The van der Waals surface area contributed by atoms with Crippen LogP contribution in [0.15, 0.2) is 115 Å². The first kappa shape index (κ1) is 34.5. The van der Waals surface area contributed by atoms with Crippen LogP contribution in [0.2, 0.25) is 13.1 Å². The number of unbranched alkanes of at least 4 members (excludes halogenated alkanes) is 3. The van der Waals surface area contributed by atoms with E-state index in [0.29, 0.717) is 0 Å². The van der Waals surface area contributed by atoms with E-state index in [1.54, 1.807) is 0 Å². The Balaban J connectivity index is 0.000000193. The Morgan fingerprint density at radius 2 is 1.36 bits per heavy atom. The van der Waals surface area contributed by atoms with Crippen molar-refractivity contribution in [2.75, 3.05) is 0 Å². The molecule has 44 heavy (non-hydrogen) atoms. The van der Waals surface area contributed by atoms with Crippen molar-refractivity contribution in [2.45, 2.75) is 58.5 Å². The van der Waals surface area contributed by atoms with Gasteiger partial charge in [-0.05, 0) is 29.2 Å². The molecule has 0 nitrogen and oxygen atoms in total. The number of rotatable bonds is 6. The van der Waals surface area contributed by atoms with Gasteiger partial charge in [-0.2, -0.15) is 35.9 Å². The van der Waals surface area contributed by atoms with Gasteiger partial charge in [0, 0.05) is 9.52 Å². The maximum atomic E-state index is 4.93. The Kier molecular flexibility index (Phi) is 14.6. The summed E-state index contributed by atoms with van der Waals surface area (Å²) in [5.74, 6) is 0. The van der Waals surface area contributed by atoms with E-state index in [9.17, 15) is 0 Å². The maximum Gasteiger partial charge on any atom is -0.0253 e. The Labute approximate surface area is 285 Å². The van der Waals surface area contributed by atoms with Gasteiger partial charge in [-0.3, -0.25) is 0 Å². The quantitative estimate of drug-likeness (QED) is 0.0916. The van der Waals surface area contributed by atoms with E-state index in [-0.39, 0.29) is 0 Å². The van der Waals surface area contributed by atoms with Gasteiger partial charge in [-0.1, -0.05) is 135 Å². The zero-order valence-corrected chi connectivity index (χ0v) is 30.9. The van der Waals surface area contributed by atoms with E-state index in [1.807, 2.05) is 6.07 Å². The standard InChI is InChI=1S/C25H25.C13H9.C2H6Si.2ClH.Zr/c1-2-3-4-5-10-19-17-21-13-9-16-24(25(21)18-19)23-15-8-12-20-11-6-7-14-22(20)23;1-3-7-12-10(5-1)9-11-6-2-4-8-13(11)12;1-3-2;;;/h6-9,11-18H,2-5,10H2,1H3;1-5,7-8H,9H2;1-2H3;2*1H;/q2*-1;;;;+4/p-2. The summed E-state index contributed by atoms with van der Waals surface area (Å²) in [6.45, 7) is 6.58. The molecule has 2 radical (unpaired) electrons. The largest absolute Gasteiger partial charge is 0.179 e. The molecule has 0 heterocycles. The molecule has 6 aromatic carbocycles. The van der Waals surface area contributed by atoms with Crippen molar-refractivity contribution in [3.8, 4) is 22.3 Å². The summed E-state index contributed by atoms with van der Waals surface area (Å²) in [7, 11) is 11.0. The van der Waals surface area contributed by atoms with Gasteiger partial charge in [0.1, 0.15) is 0 Å². The Morgan fingerprint density at radius 1 is 0.727 bits per heavy atom. The SMILES string of the molecule is CCCCCCc1cc2c(-c3cccc4ccccc34)cccc2[cH-]1.C[Si]C.[Cl][Zr+2][Cl].[c-]1cccc2c1Cc1ccccc1-2. The third-order valence-corrected chi connectivity index (χ3v) is 7.83. The molecule has 1 aliphatic carbocycles. The van der Waals surface area contributed by atoms with Crippen molar-refractivity contribution in [1.29, 1.82) is 0 Å². The Hall–Kier alpha value is -2.35. The van der Waals surface area contributed by atoms with E-state index in [2.05, 4.69) is 135 Å². The third-order valence-electron chi connectivity index (χ3n) is 7.83. The predicted molar refractivity (Wildman–Crippen MR) is 193 cm³/mol. The number of hydrogen-bond acceptors (Lipinski definition) is 0. The van der Waals surface area contributed by atoms with Gasteiger partial charge in [-0.15, -0.1) is 40.1 Å². The third kappa shape index (κ3) is 9.11. The monoisotopic (exact) mass is 708 g/mol. The molecule has 0 amide bonds. The topological polar surface area (TPSA) is 0 Å². The number of aryl methyl sites for hydroxylation is 1. The molecule has 222 valence electrons. The molecule has 0 unspecified atom stereocenters. The van der Waals surface area contributed by atoms with Gasteiger partial charge in [0.05, 0.1) is 0 Å². The van der Waals surface area contributed by atoms with E-state index in [0.717, 1.165) is 15.9 Å². The van der Waals surface area contributed by atoms with Crippen LogP contribution in [-0.2, 0) is 33.7 Å². The zero-order valence-electron chi connectivity index (χ0n) is 26.0. The Bertz CT molecular complexity index is 1690. The molecule has 0 spiro atoms. The minimum absolute atomic E-state index is 0.826. The van der Waals surface area contributed by atoms with Crippen molar-refractivity contribution in [3.05, 3.63) is 138 Å². The van der Waals surface area contributed by atoms with Crippen molar-refractivity contribution in [2.24, 2.45) is 0 Å². The molecule has 7 rings (SSSR count). The molecule has 1 aliphatic rings. The van der Waals surface area contributed by atoms with Crippen LogP contribution in [0.4, 0.5) is 0 Å². The van der Waals surface area contributed by atoms with Crippen LogP contribution < -0.4 is 0 Å². The van der Waals surface area contributed by atoms with Crippen LogP contribution in [0.5, 0.6) is 0 Å². The molecule has 4 heteroatoms. The number of fused-ring (bicyclic) bond motifs is 5. The van der Waals surface area contributed by atoms with Gasteiger partial charge in [0.2, 0.25) is 0 Å². The van der Waals surface area contributed by atoms with E-state index in [4.69, 9.17) is 17.0 Å². The second kappa shape index (κ2) is 18.6. The summed E-state index contributed by atoms with van der Waals surface area (Å²) >= 11 is -0.826. The minimum Gasteiger partial charge on any atom is -0.179 e. The summed E-state index contributed by atoms with van der Waals surface area (Å²) in [4.78, 5) is 0. The fourth-order valence-electron chi connectivity index (χ4n) is 5.89. The smallest absolute Gasteiger partial charge is 0.0253 e. The molecular formula is C40H40Cl2SiZr. The van der Waals surface area contributed by atoms with Gasteiger partial charge >= 0.3 is 37.9 Å². The molecule has 0 saturated carbocycles. The summed E-state index contributed by atoms with van der Waals surface area (Å²) < 4.78 is 0. The first-order valence-electron chi connectivity index (χ1n) is 15.4. The molecule has 0 N–H and O–H groups in total. The minimum atomic E-state index is -0.826. The van der Waals surface area contributed by atoms with Crippen molar-refractivity contribution < 1.29 is 20.8 Å². The fraction of sp³-hybridized carbons (Fsp3) is 0.225. The van der Waals surface area contributed by atoms with E-state index in [1.165, 1.54) is 92.6 Å². The molecule has 0 saturated heterocycles. The normalized spacial score (nSPS) is 10.8. The molecule has 0 fully saturated rings. The first-order chi connectivity index (χ1) is 21.6. The van der Waals surface area contributed by atoms with Gasteiger partial charge in [-0.25, -0.2) is 0 Å².